The Balaban J connectivity index is 1.54. The number of nitrogens with zero attached hydrogens (tertiary/aromatic N) is 1. The minimum absolute atomic E-state index is 0.0307. The fraction of sp³-hybridized carbons (Fsp3) is 0.440. The normalized spacial score (nSPS) is 18.0. The molecule has 0 saturated carbocycles. The Morgan fingerprint density at radius 3 is 2.61 bits per heavy atom. The Kier molecular flexibility index (Phi) is 9.86. The highest BCUT2D eigenvalue weighted by Crippen LogP contribution is 2.26. The van der Waals surface area contributed by atoms with Gasteiger partial charge in [0.05, 0.1) is 24.4 Å². The number of sulfone groups is 1. The Hall–Kier alpha value is -3.45. The van der Waals surface area contributed by atoms with Crippen molar-refractivity contribution in [2.75, 3.05) is 26.0 Å². The zero-order valence-corrected chi connectivity index (χ0v) is 22.9. The molecule has 1 unspecified atom stereocenters. The van der Waals surface area contributed by atoms with Gasteiger partial charge in [-0.25, -0.2) is 8.42 Å². The van der Waals surface area contributed by atoms with E-state index in [1.165, 1.54) is 16.2 Å². The van der Waals surface area contributed by atoms with Crippen LogP contribution in [0, 0.1) is 5.41 Å². The number of thiophene rings is 1. The van der Waals surface area contributed by atoms with Gasteiger partial charge in [0.15, 0.2) is 9.84 Å². The molecule has 0 bridgehead atoms. The SMILES string of the molecule is CC(NC(=O)[C@@H]1C[C@@H](S(C)(=O)=O)CN1C(=O)CNC(=O)CCCOc1ccccc1)c1cc(C(=N)N)cs1. The summed E-state index contributed by atoms with van der Waals surface area (Å²) in [7, 11) is -3.50. The zero-order valence-electron chi connectivity index (χ0n) is 21.3. The quantitative estimate of drug-likeness (QED) is 0.171. The highest BCUT2D eigenvalue weighted by atomic mass is 32.2. The fourth-order valence-electron chi connectivity index (χ4n) is 4.04. The number of carbonyl (C=O) groups is 3. The molecule has 0 aliphatic carbocycles. The molecule has 13 heteroatoms. The van der Waals surface area contributed by atoms with E-state index in [2.05, 4.69) is 10.6 Å². The van der Waals surface area contributed by atoms with Crippen LogP contribution in [-0.2, 0) is 24.2 Å². The minimum atomic E-state index is -3.50. The van der Waals surface area contributed by atoms with Crippen LogP contribution in [0.2, 0.25) is 0 Å². The summed E-state index contributed by atoms with van der Waals surface area (Å²) in [6.07, 6.45) is 1.65. The molecule has 206 valence electrons. The van der Waals surface area contributed by atoms with Gasteiger partial charge in [-0.2, -0.15) is 0 Å². The van der Waals surface area contributed by atoms with Crippen LogP contribution in [0.5, 0.6) is 5.75 Å². The van der Waals surface area contributed by atoms with Crippen molar-refractivity contribution in [3.63, 3.8) is 0 Å². The van der Waals surface area contributed by atoms with E-state index in [4.69, 9.17) is 15.9 Å². The first-order valence-electron chi connectivity index (χ1n) is 12.1. The fourth-order valence-corrected chi connectivity index (χ4v) is 5.92. The lowest BCUT2D eigenvalue weighted by atomic mass is 10.1. The summed E-state index contributed by atoms with van der Waals surface area (Å²) in [6, 6.07) is 9.48. The molecule has 0 radical (unpaired) electrons. The van der Waals surface area contributed by atoms with Crippen molar-refractivity contribution in [2.45, 2.75) is 43.5 Å². The number of para-hydroxylation sites is 1. The summed E-state index contributed by atoms with van der Waals surface area (Å²) in [6.45, 7) is 1.62. The molecule has 1 saturated heterocycles. The predicted molar refractivity (Wildman–Crippen MR) is 145 cm³/mol. The van der Waals surface area contributed by atoms with Crippen molar-refractivity contribution >= 4 is 44.7 Å². The van der Waals surface area contributed by atoms with Crippen LogP contribution >= 0.6 is 11.3 Å². The van der Waals surface area contributed by atoms with Gasteiger partial charge in [-0.15, -0.1) is 11.3 Å². The van der Waals surface area contributed by atoms with E-state index >= 15 is 0 Å². The lowest BCUT2D eigenvalue weighted by molar-refractivity contribution is -0.138. The summed E-state index contributed by atoms with van der Waals surface area (Å²) >= 11 is 1.33. The first-order chi connectivity index (χ1) is 18.0. The first kappa shape index (κ1) is 29.1. The number of hydrogen-bond donors (Lipinski definition) is 4. The van der Waals surface area contributed by atoms with E-state index in [1.807, 2.05) is 30.3 Å². The molecule has 1 fully saturated rings. The Morgan fingerprint density at radius 2 is 1.97 bits per heavy atom. The third kappa shape index (κ3) is 8.02. The van der Waals surface area contributed by atoms with Crippen molar-refractivity contribution < 1.29 is 27.5 Å². The summed E-state index contributed by atoms with van der Waals surface area (Å²) in [4.78, 5) is 40.3. The van der Waals surface area contributed by atoms with Gasteiger partial charge >= 0.3 is 0 Å². The standard InChI is InChI=1S/C25H33N5O6S2/c1-16(21-11-17(15-37-21)24(26)27)29-25(33)20-12-19(38(2,34)35)14-30(20)23(32)13-28-22(31)9-6-10-36-18-7-4-3-5-8-18/h3-5,7-8,11,15-16,19-20H,6,9-10,12-14H2,1-2H3,(H3,26,27)(H,28,31)(H,29,33)/t16?,19-,20+/m1/s1. The molecule has 3 amide bonds. The number of amidine groups is 1. The maximum atomic E-state index is 13.1. The Bertz CT molecular complexity index is 1260. The molecule has 2 heterocycles. The molecule has 1 aromatic carbocycles. The molecule has 0 spiro atoms. The molecule has 3 atom stereocenters. The maximum absolute atomic E-state index is 13.1. The van der Waals surface area contributed by atoms with E-state index in [0.29, 0.717) is 24.3 Å². The number of amides is 3. The van der Waals surface area contributed by atoms with Gasteiger partial charge in [0.2, 0.25) is 17.7 Å². The Labute approximate surface area is 226 Å². The number of ether oxygens (including phenoxy) is 1. The number of likely N-dealkylation sites (tertiary alicyclic amines) is 1. The lowest BCUT2D eigenvalue weighted by Crippen LogP contribution is -2.49. The van der Waals surface area contributed by atoms with Crippen LogP contribution in [0.3, 0.4) is 0 Å². The largest absolute Gasteiger partial charge is 0.494 e. The van der Waals surface area contributed by atoms with E-state index < -0.39 is 39.0 Å². The van der Waals surface area contributed by atoms with E-state index in [1.54, 1.807) is 18.4 Å². The number of nitrogen functional groups attached to an aromatic ring is 1. The van der Waals surface area contributed by atoms with Gasteiger partial charge in [0.25, 0.3) is 0 Å². The van der Waals surface area contributed by atoms with Gasteiger partial charge in [-0.1, -0.05) is 18.2 Å². The molecular weight excluding hydrogens is 530 g/mol. The molecule has 2 aromatic rings. The van der Waals surface area contributed by atoms with E-state index in [-0.39, 0.29) is 37.7 Å². The number of carbonyl (C=O) groups excluding carboxylic acids is 3. The minimum Gasteiger partial charge on any atom is -0.494 e. The molecule has 5 N–H and O–H groups in total. The molecule has 11 nitrogen and oxygen atoms in total. The second-order valence-electron chi connectivity index (χ2n) is 9.17. The van der Waals surface area contributed by atoms with Crippen molar-refractivity contribution in [3.05, 3.63) is 52.2 Å². The van der Waals surface area contributed by atoms with Crippen molar-refractivity contribution in [1.82, 2.24) is 15.5 Å². The molecule has 1 aliphatic heterocycles. The molecular formula is C25H33N5O6S2. The summed E-state index contributed by atoms with van der Waals surface area (Å²) < 4.78 is 30.0. The van der Waals surface area contributed by atoms with E-state index in [0.717, 1.165) is 11.1 Å². The van der Waals surface area contributed by atoms with Crippen molar-refractivity contribution in [3.8, 4) is 5.75 Å². The first-order valence-corrected chi connectivity index (χ1v) is 14.9. The van der Waals surface area contributed by atoms with Crippen LogP contribution in [0.15, 0.2) is 41.8 Å². The van der Waals surface area contributed by atoms with Gasteiger partial charge in [0, 0.05) is 35.0 Å². The van der Waals surface area contributed by atoms with Crippen LogP contribution < -0.4 is 21.1 Å². The summed E-state index contributed by atoms with van der Waals surface area (Å²) in [5.74, 6) is -0.746. The molecule has 38 heavy (non-hydrogen) atoms. The number of benzene rings is 1. The molecule has 1 aliphatic rings. The zero-order chi connectivity index (χ0) is 27.9. The van der Waals surface area contributed by atoms with Gasteiger partial charge in [0.1, 0.15) is 17.6 Å². The molecule has 1 aromatic heterocycles. The van der Waals surface area contributed by atoms with Crippen molar-refractivity contribution in [1.29, 1.82) is 5.41 Å². The van der Waals surface area contributed by atoms with Crippen molar-refractivity contribution in [2.24, 2.45) is 5.73 Å². The van der Waals surface area contributed by atoms with Crippen LogP contribution in [-0.4, -0.2) is 74.1 Å². The third-order valence-corrected chi connectivity index (χ3v) is 8.87. The second kappa shape index (κ2) is 12.9. The van der Waals surface area contributed by atoms with E-state index in [9.17, 15) is 22.8 Å². The second-order valence-corrected chi connectivity index (χ2v) is 12.4. The summed E-state index contributed by atoms with van der Waals surface area (Å²) in [5.41, 5.74) is 6.05. The van der Waals surface area contributed by atoms with Crippen LogP contribution in [0.25, 0.3) is 0 Å². The maximum Gasteiger partial charge on any atom is 0.243 e. The monoisotopic (exact) mass is 563 g/mol. The smallest absolute Gasteiger partial charge is 0.243 e. The van der Waals surface area contributed by atoms with Crippen LogP contribution in [0.1, 0.15) is 42.7 Å². The van der Waals surface area contributed by atoms with Gasteiger partial charge in [-0.3, -0.25) is 19.8 Å². The third-order valence-electron chi connectivity index (χ3n) is 6.20. The number of nitrogens with one attached hydrogen (secondary N) is 3. The average Bonchev–Trinajstić information content (AvgIpc) is 3.54. The summed E-state index contributed by atoms with van der Waals surface area (Å²) in [5, 5.41) is 13.7. The number of nitrogens with two attached hydrogens (primary N) is 1. The molecule has 3 rings (SSSR count). The van der Waals surface area contributed by atoms with Crippen LogP contribution in [0.4, 0.5) is 0 Å². The predicted octanol–water partition coefficient (Wildman–Crippen LogP) is 1.20. The highest BCUT2D eigenvalue weighted by Gasteiger charge is 2.43. The highest BCUT2D eigenvalue weighted by molar-refractivity contribution is 7.91. The average molecular weight is 564 g/mol. The van der Waals surface area contributed by atoms with Gasteiger partial charge in [-0.05, 0) is 38.0 Å². The number of rotatable bonds is 12. The van der Waals surface area contributed by atoms with Gasteiger partial charge < -0.3 is 26.0 Å². The lowest BCUT2D eigenvalue weighted by Gasteiger charge is -2.25. The number of hydrogen-bond acceptors (Lipinski definition) is 8. The topological polar surface area (TPSA) is 172 Å². The Morgan fingerprint density at radius 1 is 1.26 bits per heavy atom.